The van der Waals surface area contributed by atoms with Crippen molar-refractivity contribution in [3.05, 3.63) is 45.3 Å². The second-order valence-corrected chi connectivity index (χ2v) is 5.13. The van der Waals surface area contributed by atoms with Crippen LogP contribution in [0.25, 0.3) is 0 Å². The second kappa shape index (κ2) is 5.51. The molecule has 0 unspecified atom stereocenters. The van der Waals surface area contributed by atoms with Gasteiger partial charge in [0.2, 0.25) is 0 Å². The van der Waals surface area contributed by atoms with Crippen LogP contribution in [-0.4, -0.2) is 15.7 Å². The van der Waals surface area contributed by atoms with Crippen LogP contribution in [0.5, 0.6) is 0 Å². The van der Waals surface area contributed by atoms with E-state index in [2.05, 4.69) is 39.9 Å². The van der Waals surface area contributed by atoms with Crippen LogP contribution in [0.4, 0.5) is 5.69 Å². The van der Waals surface area contributed by atoms with Crippen molar-refractivity contribution in [2.75, 3.05) is 5.32 Å². The normalized spacial score (nSPS) is 10.4. The molecule has 1 N–H and O–H groups in total. The SMILES string of the molecule is CCc1ccc(NC(=O)c2c(I)cnn2C)cc1. The Bertz CT molecular complexity index is 541. The summed E-state index contributed by atoms with van der Waals surface area (Å²) in [5, 5.41) is 6.93. The van der Waals surface area contributed by atoms with Gasteiger partial charge in [0.15, 0.2) is 0 Å². The Morgan fingerprint density at radius 3 is 2.56 bits per heavy atom. The highest BCUT2D eigenvalue weighted by Gasteiger charge is 2.14. The molecule has 2 rings (SSSR count). The number of hydrogen-bond acceptors (Lipinski definition) is 2. The van der Waals surface area contributed by atoms with Gasteiger partial charge < -0.3 is 5.32 Å². The highest BCUT2D eigenvalue weighted by Crippen LogP contribution is 2.15. The van der Waals surface area contributed by atoms with E-state index in [1.54, 1.807) is 17.9 Å². The summed E-state index contributed by atoms with van der Waals surface area (Å²) in [6.45, 7) is 2.10. The highest BCUT2D eigenvalue weighted by molar-refractivity contribution is 14.1. The van der Waals surface area contributed by atoms with Gasteiger partial charge in [-0.1, -0.05) is 19.1 Å². The Morgan fingerprint density at radius 2 is 2.06 bits per heavy atom. The van der Waals surface area contributed by atoms with Crippen molar-refractivity contribution in [3.8, 4) is 0 Å². The third-order valence-corrected chi connectivity index (χ3v) is 3.52. The Hall–Kier alpha value is -1.37. The third kappa shape index (κ3) is 2.72. The first kappa shape index (κ1) is 13.1. The van der Waals surface area contributed by atoms with Crippen LogP contribution in [0.15, 0.2) is 30.5 Å². The fraction of sp³-hybridized carbons (Fsp3) is 0.231. The molecule has 5 heteroatoms. The van der Waals surface area contributed by atoms with Gasteiger partial charge >= 0.3 is 0 Å². The van der Waals surface area contributed by atoms with Crippen LogP contribution >= 0.6 is 22.6 Å². The van der Waals surface area contributed by atoms with Crippen molar-refractivity contribution in [3.63, 3.8) is 0 Å². The zero-order valence-corrected chi connectivity index (χ0v) is 12.4. The Labute approximate surface area is 120 Å². The summed E-state index contributed by atoms with van der Waals surface area (Å²) in [5.41, 5.74) is 2.63. The topological polar surface area (TPSA) is 46.9 Å². The molecule has 1 heterocycles. The Balaban J connectivity index is 2.16. The number of amides is 1. The second-order valence-electron chi connectivity index (χ2n) is 3.97. The molecule has 1 aromatic heterocycles. The molecule has 0 radical (unpaired) electrons. The molecule has 0 spiro atoms. The number of carbonyl (C=O) groups is 1. The predicted molar refractivity (Wildman–Crippen MR) is 79.7 cm³/mol. The molecular weight excluding hydrogens is 341 g/mol. The van der Waals surface area contributed by atoms with Gasteiger partial charge in [0.25, 0.3) is 5.91 Å². The van der Waals surface area contributed by atoms with E-state index in [0.29, 0.717) is 5.69 Å². The predicted octanol–water partition coefficient (Wildman–Crippen LogP) is 2.84. The minimum Gasteiger partial charge on any atom is -0.321 e. The van der Waals surface area contributed by atoms with Gasteiger partial charge in [0.05, 0.1) is 9.77 Å². The van der Waals surface area contributed by atoms with E-state index in [1.807, 2.05) is 24.3 Å². The highest BCUT2D eigenvalue weighted by atomic mass is 127. The largest absolute Gasteiger partial charge is 0.321 e. The van der Waals surface area contributed by atoms with E-state index in [-0.39, 0.29) is 5.91 Å². The monoisotopic (exact) mass is 355 g/mol. The molecule has 0 saturated carbocycles. The molecule has 0 saturated heterocycles. The zero-order chi connectivity index (χ0) is 13.1. The Morgan fingerprint density at radius 1 is 1.39 bits per heavy atom. The number of nitrogens with one attached hydrogen (secondary N) is 1. The molecule has 18 heavy (non-hydrogen) atoms. The molecule has 0 fully saturated rings. The minimum atomic E-state index is -0.136. The van der Waals surface area contributed by atoms with E-state index in [0.717, 1.165) is 15.7 Å². The fourth-order valence-electron chi connectivity index (χ4n) is 1.68. The van der Waals surface area contributed by atoms with Crippen molar-refractivity contribution in [2.45, 2.75) is 13.3 Å². The number of nitrogens with zero attached hydrogens (tertiary/aromatic N) is 2. The lowest BCUT2D eigenvalue weighted by Gasteiger charge is -2.06. The molecule has 4 nitrogen and oxygen atoms in total. The minimum absolute atomic E-state index is 0.136. The number of anilines is 1. The van der Waals surface area contributed by atoms with Crippen LogP contribution in [0.3, 0.4) is 0 Å². The summed E-state index contributed by atoms with van der Waals surface area (Å²) in [6, 6.07) is 7.87. The van der Waals surface area contributed by atoms with Gasteiger partial charge in [-0.05, 0) is 46.7 Å². The average molecular weight is 355 g/mol. The van der Waals surface area contributed by atoms with Crippen LogP contribution in [0, 0.1) is 3.57 Å². The quantitative estimate of drug-likeness (QED) is 0.861. The molecule has 94 valence electrons. The molecular formula is C13H14IN3O. The first-order valence-corrected chi connectivity index (χ1v) is 6.77. The lowest BCUT2D eigenvalue weighted by atomic mass is 10.1. The maximum Gasteiger partial charge on any atom is 0.275 e. The third-order valence-electron chi connectivity index (χ3n) is 2.73. The average Bonchev–Trinajstić information content (AvgIpc) is 2.70. The summed E-state index contributed by atoms with van der Waals surface area (Å²) in [6.07, 6.45) is 2.67. The maximum atomic E-state index is 12.1. The van der Waals surface area contributed by atoms with Gasteiger partial charge in [-0.3, -0.25) is 9.48 Å². The summed E-state index contributed by atoms with van der Waals surface area (Å²) in [7, 11) is 1.76. The molecule has 0 aliphatic carbocycles. The number of benzene rings is 1. The van der Waals surface area contributed by atoms with Gasteiger partial charge in [-0.2, -0.15) is 5.10 Å². The zero-order valence-electron chi connectivity index (χ0n) is 10.3. The smallest absolute Gasteiger partial charge is 0.275 e. The van der Waals surface area contributed by atoms with Crippen LogP contribution in [0.2, 0.25) is 0 Å². The van der Waals surface area contributed by atoms with Gasteiger partial charge in [-0.25, -0.2) is 0 Å². The molecule has 0 bridgehead atoms. The Kier molecular flexibility index (Phi) is 4.00. The van der Waals surface area contributed by atoms with Crippen LogP contribution in [0.1, 0.15) is 23.0 Å². The van der Waals surface area contributed by atoms with Crippen LogP contribution in [-0.2, 0) is 13.5 Å². The number of aryl methyl sites for hydroxylation is 2. The van der Waals surface area contributed by atoms with Gasteiger partial charge in [0.1, 0.15) is 5.69 Å². The summed E-state index contributed by atoms with van der Waals surface area (Å²) < 4.78 is 2.43. The maximum absolute atomic E-state index is 12.1. The summed E-state index contributed by atoms with van der Waals surface area (Å²) in [5.74, 6) is -0.136. The number of rotatable bonds is 3. The molecule has 1 amide bonds. The first-order valence-electron chi connectivity index (χ1n) is 5.69. The first-order chi connectivity index (χ1) is 8.61. The molecule has 1 aromatic carbocycles. The molecule has 0 atom stereocenters. The van der Waals surface area contributed by atoms with Gasteiger partial charge in [-0.15, -0.1) is 0 Å². The van der Waals surface area contributed by atoms with Crippen molar-refractivity contribution >= 4 is 34.2 Å². The van der Waals surface area contributed by atoms with E-state index >= 15 is 0 Å². The molecule has 0 aliphatic heterocycles. The lowest BCUT2D eigenvalue weighted by molar-refractivity contribution is 0.101. The van der Waals surface area contributed by atoms with Crippen molar-refractivity contribution in [1.82, 2.24) is 9.78 Å². The summed E-state index contributed by atoms with van der Waals surface area (Å²) in [4.78, 5) is 12.1. The number of aromatic nitrogens is 2. The molecule has 0 aliphatic rings. The van der Waals surface area contributed by atoms with E-state index < -0.39 is 0 Å². The standard InChI is InChI=1S/C13H14IN3O/c1-3-9-4-6-10(7-5-9)16-13(18)12-11(14)8-15-17(12)2/h4-8H,3H2,1-2H3,(H,16,18). The van der Waals surface area contributed by atoms with Crippen molar-refractivity contribution < 1.29 is 4.79 Å². The summed E-state index contributed by atoms with van der Waals surface area (Å²) >= 11 is 2.11. The van der Waals surface area contributed by atoms with Crippen LogP contribution < -0.4 is 5.32 Å². The van der Waals surface area contributed by atoms with E-state index in [1.165, 1.54) is 5.56 Å². The number of hydrogen-bond donors (Lipinski definition) is 1. The molecule has 2 aromatic rings. The van der Waals surface area contributed by atoms with E-state index in [4.69, 9.17) is 0 Å². The van der Waals surface area contributed by atoms with Crippen molar-refractivity contribution in [1.29, 1.82) is 0 Å². The fourth-order valence-corrected chi connectivity index (χ4v) is 2.40. The van der Waals surface area contributed by atoms with Gasteiger partial charge in [0, 0.05) is 12.7 Å². The lowest BCUT2D eigenvalue weighted by Crippen LogP contribution is -2.17. The van der Waals surface area contributed by atoms with Crippen molar-refractivity contribution in [2.24, 2.45) is 7.05 Å². The number of carbonyl (C=O) groups excluding carboxylic acids is 1. The van der Waals surface area contributed by atoms with E-state index in [9.17, 15) is 4.79 Å². The number of halogens is 1.